The van der Waals surface area contributed by atoms with E-state index in [-0.39, 0.29) is 0 Å². The lowest BCUT2D eigenvalue weighted by Gasteiger charge is -2.04. The van der Waals surface area contributed by atoms with Crippen molar-refractivity contribution in [2.75, 3.05) is 5.73 Å². The fourth-order valence-corrected chi connectivity index (χ4v) is 3.87. The summed E-state index contributed by atoms with van der Waals surface area (Å²) in [4.78, 5) is 1.21. The van der Waals surface area contributed by atoms with Crippen LogP contribution in [0.4, 0.5) is 10.1 Å². The zero-order valence-electron chi connectivity index (χ0n) is 8.65. The third-order valence-corrected chi connectivity index (χ3v) is 4.95. The lowest BCUT2D eigenvalue weighted by atomic mass is 10.3. The van der Waals surface area contributed by atoms with E-state index < -0.39 is 16.6 Å². The second-order valence-corrected chi connectivity index (χ2v) is 6.60. The number of rotatable bonds is 3. The Kier molecular flexibility index (Phi) is 3.81. The van der Waals surface area contributed by atoms with Crippen LogP contribution in [-0.2, 0) is 16.6 Å². The number of hydrogen-bond donors (Lipinski definition) is 1. The molecule has 0 fully saturated rings. The third-order valence-electron chi connectivity index (χ3n) is 2.12. The van der Waals surface area contributed by atoms with Crippen LogP contribution in [0.5, 0.6) is 0 Å². The first-order valence-corrected chi connectivity index (χ1v) is 7.25. The number of halogens is 2. The van der Waals surface area contributed by atoms with Gasteiger partial charge in [0.05, 0.1) is 25.8 Å². The molecule has 1 atom stereocenters. The largest absolute Gasteiger partial charge is 0.398 e. The van der Waals surface area contributed by atoms with Gasteiger partial charge >= 0.3 is 0 Å². The molecule has 2 aromatic rings. The second kappa shape index (κ2) is 5.16. The molecule has 0 radical (unpaired) electrons. The molecular formula is C11H9ClFNOS2. The zero-order valence-corrected chi connectivity index (χ0v) is 11.0. The molecule has 0 spiro atoms. The quantitative estimate of drug-likeness (QED) is 0.880. The predicted molar refractivity (Wildman–Crippen MR) is 70.3 cm³/mol. The summed E-state index contributed by atoms with van der Waals surface area (Å²) in [6.45, 7) is 0. The van der Waals surface area contributed by atoms with Gasteiger partial charge in [0.1, 0.15) is 5.82 Å². The van der Waals surface area contributed by atoms with E-state index in [9.17, 15) is 8.60 Å². The summed E-state index contributed by atoms with van der Waals surface area (Å²) in [7, 11) is -1.36. The molecule has 17 heavy (non-hydrogen) atoms. The first-order chi connectivity index (χ1) is 8.06. The summed E-state index contributed by atoms with van der Waals surface area (Å²) in [6.07, 6.45) is 0. The first kappa shape index (κ1) is 12.5. The van der Waals surface area contributed by atoms with Crippen molar-refractivity contribution >= 4 is 39.4 Å². The molecule has 2 nitrogen and oxygen atoms in total. The molecule has 1 unspecified atom stereocenters. The van der Waals surface area contributed by atoms with Gasteiger partial charge in [0, 0.05) is 10.6 Å². The van der Waals surface area contributed by atoms with Gasteiger partial charge in [0.25, 0.3) is 0 Å². The van der Waals surface area contributed by atoms with Gasteiger partial charge in [0.2, 0.25) is 0 Å². The van der Waals surface area contributed by atoms with Crippen molar-refractivity contribution < 1.29 is 8.60 Å². The average molecular weight is 290 g/mol. The zero-order chi connectivity index (χ0) is 12.4. The predicted octanol–water partition coefficient (Wildman–Crippen LogP) is 3.43. The van der Waals surface area contributed by atoms with Crippen LogP contribution < -0.4 is 5.73 Å². The molecule has 1 aromatic carbocycles. The molecule has 90 valence electrons. The van der Waals surface area contributed by atoms with Crippen LogP contribution in [0.25, 0.3) is 0 Å². The van der Waals surface area contributed by atoms with Crippen LogP contribution in [0.1, 0.15) is 4.88 Å². The highest BCUT2D eigenvalue weighted by Gasteiger charge is 2.11. The molecule has 0 aliphatic carbocycles. The van der Waals surface area contributed by atoms with Crippen molar-refractivity contribution in [3.8, 4) is 0 Å². The molecule has 0 amide bonds. The van der Waals surface area contributed by atoms with Gasteiger partial charge < -0.3 is 5.73 Å². The van der Waals surface area contributed by atoms with Crippen LogP contribution in [0, 0.1) is 5.82 Å². The van der Waals surface area contributed by atoms with Gasteiger partial charge in [-0.1, -0.05) is 11.6 Å². The maximum Gasteiger partial charge on any atom is 0.124 e. The smallest absolute Gasteiger partial charge is 0.124 e. The first-order valence-electron chi connectivity index (χ1n) is 4.74. The summed E-state index contributed by atoms with van der Waals surface area (Å²) >= 11 is 7.14. The van der Waals surface area contributed by atoms with Crippen molar-refractivity contribution in [1.82, 2.24) is 0 Å². The number of nitrogens with two attached hydrogens (primary N) is 1. The molecule has 1 heterocycles. The molecule has 0 saturated heterocycles. The summed E-state index contributed by atoms with van der Waals surface area (Å²) in [6, 6.07) is 7.43. The lowest BCUT2D eigenvalue weighted by molar-refractivity contribution is 0.623. The topological polar surface area (TPSA) is 43.1 Å². The SMILES string of the molecule is Nc1ccc(F)cc1S(=O)Cc1ccc(Cl)s1. The standard InChI is InChI=1S/C11H9ClFNOS2/c12-11-4-2-8(16-11)6-17(15)10-5-7(13)1-3-9(10)14/h1-5H,6,14H2. The van der Waals surface area contributed by atoms with Crippen molar-refractivity contribution in [2.45, 2.75) is 10.6 Å². The molecule has 0 bridgehead atoms. The van der Waals surface area contributed by atoms with Gasteiger partial charge in [-0.25, -0.2) is 4.39 Å². The van der Waals surface area contributed by atoms with Crippen LogP contribution in [-0.4, -0.2) is 4.21 Å². The van der Waals surface area contributed by atoms with Crippen molar-refractivity contribution in [3.63, 3.8) is 0 Å². The number of thiophene rings is 1. The number of benzene rings is 1. The van der Waals surface area contributed by atoms with E-state index in [1.807, 2.05) is 0 Å². The van der Waals surface area contributed by atoms with Crippen LogP contribution >= 0.6 is 22.9 Å². The highest BCUT2D eigenvalue weighted by Crippen LogP contribution is 2.26. The summed E-state index contributed by atoms with van der Waals surface area (Å²) < 4.78 is 25.7. The number of hydrogen-bond acceptors (Lipinski definition) is 3. The van der Waals surface area contributed by atoms with Crippen molar-refractivity contribution in [3.05, 3.63) is 45.4 Å². The molecule has 1 aromatic heterocycles. The third kappa shape index (κ3) is 3.06. The van der Waals surface area contributed by atoms with E-state index in [1.54, 1.807) is 12.1 Å². The van der Waals surface area contributed by atoms with E-state index in [0.717, 1.165) is 4.88 Å². The maximum atomic E-state index is 13.0. The van der Waals surface area contributed by atoms with Crippen LogP contribution in [0.2, 0.25) is 4.34 Å². The van der Waals surface area contributed by atoms with Crippen molar-refractivity contribution in [2.24, 2.45) is 0 Å². The Morgan fingerprint density at radius 2 is 2.12 bits per heavy atom. The van der Waals surface area contributed by atoms with E-state index in [4.69, 9.17) is 17.3 Å². The van der Waals surface area contributed by atoms with Gasteiger partial charge in [-0.15, -0.1) is 11.3 Å². The Balaban J connectivity index is 2.22. The summed E-state index contributed by atoms with van der Waals surface area (Å²) in [5.74, 6) is -0.142. The van der Waals surface area contributed by atoms with E-state index in [1.165, 1.54) is 29.5 Å². The van der Waals surface area contributed by atoms with Gasteiger partial charge in [-0.05, 0) is 30.3 Å². The minimum atomic E-state index is -1.36. The highest BCUT2D eigenvalue weighted by molar-refractivity contribution is 7.84. The average Bonchev–Trinajstić information content (AvgIpc) is 2.67. The number of nitrogen functional groups attached to an aromatic ring is 1. The van der Waals surface area contributed by atoms with Gasteiger partial charge in [0.15, 0.2) is 0 Å². The summed E-state index contributed by atoms with van der Waals surface area (Å²) in [5.41, 5.74) is 6.01. The fourth-order valence-electron chi connectivity index (χ4n) is 1.34. The molecule has 0 saturated carbocycles. The Morgan fingerprint density at radius 3 is 2.76 bits per heavy atom. The van der Waals surface area contributed by atoms with Crippen LogP contribution in [0.15, 0.2) is 35.2 Å². The van der Waals surface area contributed by atoms with Crippen molar-refractivity contribution in [1.29, 1.82) is 0 Å². The minimum absolute atomic E-state index is 0.297. The lowest BCUT2D eigenvalue weighted by Crippen LogP contribution is -2.00. The fraction of sp³-hybridized carbons (Fsp3) is 0.0909. The molecule has 2 rings (SSSR count). The molecule has 2 N–H and O–H groups in total. The van der Waals surface area contributed by atoms with E-state index >= 15 is 0 Å². The van der Waals surface area contributed by atoms with Gasteiger partial charge in [-0.2, -0.15) is 0 Å². The molecule has 6 heteroatoms. The molecule has 0 aliphatic rings. The minimum Gasteiger partial charge on any atom is -0.398 e. The van der Waals surface area contributed by atoms with Gasteiger partial charge in [-0.3, -0.25) is 4.21 Å². The molecule has 0 aliphatic heterocycles. The monoisotopic (exact) mass is 289 g/mol. The Hall–Kier alpha value is -0.910. The normalized spacial score (nSPS) is 12.6. The number of anilines is 1. The van der Waals surface area contributed by atoms with Crippen LogP contribution in [0.3, 0.4) is 0 Å². The molecular weight excluding hydrogens is 281 g/mol. The maximum absolute atomic E-state index is 13.0. The Bertz CT molecular complexity index is 570. The second-order valence-electron chi connectivity index (χ2n) is 3.38. The Morgan fingerprint density at radius 1 is 1.35 bits per heavy atom. The highest BCUT2D eigenvalue weighted by atomic mass is 35.5. The van der Waals surface area contributed by atoms with E-state index in [0.29, 0.717) is 20.7 Å². The van der Waals surface area contributed by atoms with E-state index in [2.05, 4.69) is 0 Å². The summed E-state index contributed by atoms with van der Waals surface area (Å²) in [5, 5.41) is 0. The Labute approximate surface area is 110 Å².